The van der Waals surface area contributed by atoms with Gasteiger partial charge in [-0.15, -0.1) is 0 Å². The first-order valence-corrected chi connectivity index (χ1v) is 5.80. The maximum absolute atomic E-state index is 11.7. The molecular formula is C11H19NO3. The lowest BCUT2D eigenvalue weighted by molar-refractivity contribution is -0.133. The minimum absolute atomic E-state index is 0.00259. The third-order valence-corrected chi connectivity index (χ3v) is 3.59. The molecule has 2 rings (SSSR count). The zero-order valence-corrected chi connectivity index (χ0v) is 8.93. The molecule has 0 radical (unpaired) electrons. The van der Waals surface area contributed by atoms with Crippen molar-refractivity contribution >= 4 is 5.91 Å². The van der Waals surface area contributed by atoms with Crippen molar-refractivity contribution in [3.05, 3.63) is 0 Å². The molecule has 86 valence electrons. The van der Waals surface area contributed by atoms with Crippen molar-refractivity contribution in [2.45, 2.75) is 44.2 Å². The smallest absolute Gasteiger partial charge is 0.223 e. The predicted molar refractivity (Wildman–Crippen MR) is 55.2 cm³/mol. The quantitative estimate of drug-likeness (QED) is 0.685. The monoisotopic (exact) mass is 213 g/mol. The number of carbonyl (C=O) groups is 1. The number of hydrogen-bond donors (Lipinski definition) is 2. The van der Waals surface area contributed by atoms with Gasteiger partial charge in [0.05, 0.1) is 12.1 Å². The van der Waals surface area contributed by atoms with Crippen molar-refractivity contribution in [3.8, 4) is 0 Å². The number of likely N-dealkylation sites (tertiary alicyclic amines) is 1. The third-order valence-electron chi connectivity index (χ3n) is 3.59. The molecule has 1 heterocycles. The average Bonchev–Trinajstić information content (AvgIpc) is 2.60. The predicted octanol–water partition coefficient (Wildman–Crippen LogP) is 0.131. The molecule has 0 aromatic heterocycles. The van der Waals surface area contributed by atoms with Crippen molar-refractivity contribution in [1.29, 1.82) is 0 Å². The van der Waals surface area contributed by atoms with Gasteiger partial charge in [0.2, 0.25) is 5.91 Å². The van der Waals surface area contributed by atoms with Crippen LogP contribution in [0.4, 0.5) is 0 Å². The van der Waals surface area contributed by atoms with E-state index in [4.69, 9.17) is 5.11 Å². The van der Waals surface area contributed by atoms with E-state index in [9.17, 15) is 9.90 Å². The molecule has 1 aliphatic heterocycles. The first-order valence-electron chi connectivity index (χ1n) is 5.80. The number of nitrogens with zero attached hydrogens (tertiary/aromatic N) is 1. The van der Waals surface area contributed by atoms with E-state index in [1.165, 1.54) is 0 Å². The lowest BCUT2D eigenvalue weighted by Gasteiger charge is -2.35. The lowest BCUT2D eigenvalue weighted by Crippen LogP contribution is -2.46. The van der Waals surface area contributed by atoms with Crippen molar-refractivity contribution in [2.75, 3.05) is 13.2 Å². The van der Waals surface area contributed by atoms with Crippen LogP contribution < -0.4 is 0 Å². The van der Waals surface area contributed by atoms with Gasteiger partial charge in [-0.25, -0.2) is 0 Å². The van der Waals surface area contributed by atoms with E-state index in [2.05, 4.69) is 0 Å². The van der Waals surface area contributed by atoms with Crippen LogP contribution in [0.25, 0.3) is 0 Å². The summed E-state index contributed by atoms with van der Waals surface area (Å²) < 4.78 is 0. The number of amides is 1. The van der Waals surface area contributed by atoms with Crippen molar-refractivity contribution in [1.82, 2.24) is 4.90 Å². The van der Waals surface area contributed by atoms with E-state index < -0.39 is 0 Å². The number of aliphatic hydroxyl groups excluding tert-OH is 2. The van der Waals surface area contributed by atoms with Crippen LogP contribution in [0.5, 0.6) is 0 Å². The van der Waals surface area contributed by atoms with Crippen LogP contribution in [0.3, 0.4) is 0 Å². The van der Waals surface area contributed by atoms with Crippen LogP contribution in [-0.4, -0.2) is 46.3 Å². The Labute approximate surface area is 89.9 Å². The Balaban J connectivity index is 2.00. The van der Waals surface area contributed by atoms with Gasteiger partial charge < -0.3 is 15.1 Å². The molecule has 1 saturated carbocycles. The van der Waals surface area contributed by atoms with Crippen LogP contribution in [0.2, 0.25) is 0 Å². The van der Waals surface area contributed by atoms with Crippen LogP contribution in [-0.2, 0) is 4.79 Å². The molecule has 3 atom stereocenters. The highest BCUT2D eigenvalue weighted by Gasteiger charge is 2.37. The largest absolute Gasteiger partial charge is 0.396 e. The Morgan fingerprint density at radius 1 is 1.33 bits per heavy atom. The molecule has 2 fully saturated rings. The minimum Gasteiger partial charge on any atom is -0.396 e. The average molecular weight is 213 g/mol. The van der Waals surface area contributed by atoms with Crippen LogP contribution in [0, 0.1) is 5.92 Å². The Morgan fingerprint density at radius 2 is 2.07 bits per heavy atom. The molecule has 0 aromatic carbocycles. The first kappa shape index (κ1) is 10.9. The normalized spacial score (nSPS) is 37.3. The molecule has 0 spiro atoms. The highest BCUT2D eigenvalue weighted by Crippen LogP contribution is 2.28. The van der Waals surface area contributed by atoms with Crippen molar-refractivity contribution in [2.24, 2.45) is 5.92 Å². The summed E-state index contributed by atoms with van der Waals surface area (Å²) in [4.78, 5) is 13.5. The molecule has 2 N–H and O–H groups in total. The van der Waals surface area contributed by atoms with E-state index in [-0.39, 0.29) is 30.6 Å². The van der Waals surface area contributed by atoms with Gasteiger partial charge in [-0.2, -0.15) is 0 Å². The van der Waals surface area contributed by atoms with Gasteiger partial charge in [0, 0.05) is 25.5 Å². The minimum atomic E-state index is -0.361. The molecule has 4 heteroatoms. The van der Waals surface area contributed by atoms with Crippen LogP contribution >= 0.6 is 0 Å². The number of aliphatic hydroxyl groups is 2. The summed E-state index contributed by atoms with van der Waals surface area (Å²) in [6, 6.07) is 0.00259. The van der Waals surface area contributed by atoms with E-state index in [1.54, 1.807) is 4.90 Å². The summed E-state index contributed by atoms with van der Waals surface area (Å²) in [7, 11) is 0. The first-order chi connectivity index (χ1) is 7.22. The second-order valence-electron chi connectivity index (χ2n) is 4.72. The van der Waals surface area contributed by atoms with Crippen molar-refractivity contribution in [3.63, 3.8) is 0 Å². The molecule has 1 unspecified atom stereocenters. The lowest BCUT2D eigenvalue weighted by atomic mass is 9.91. The molecule has 0 aromatic rings. The summed E-state index contributed by atoms with van der Waals surface area (Å²) in [6.45, 7) is 0.697. The summed E-state index contributed by atoms with van der Waals surface area (Å²) in [5.74, 6) is 0.173. The fourth-order valence-corrected chi connectivity index (χ4v) is 2.71. The molecule has 2 aliphatic rings. The fraction of sp³-hybridized carbons (Fsp3) is 0.909. The maximum atomic E-state index is 11.7. The second kappa shape index (κ2) is 4.49. The van der Waals surface area contributed by atoms with Gasteiger partial charge >= 0.3 is 0 Å². The van der Waals surface area contributed by atoms with Crippen molar-refractivity contribution < 1.29 is 15.0 Å². The molecular weight excluding hydrogens is 194 g/mol. The zero-order chi connectivity index (χ0) is 10.8. The van der Waals surface area contributed by atoms with Crippen LogP contribution in [0.15, 0.2) is 0 Å². The molecule has 1 aliphatic carbocycles. The maximum Gasteiger partial charge on any atom is 0.223 e. The summed E-state index contributed by atoms with van der Waals surface area (Å²) in [5.41, 5.74) is 0. The SMILES string of the molecule is O=C1CC(CO)CN1[C@H]1CCCC[C@@H]1O. The number of rotatable bonds is 2. The van der Waals surface area contributed by atoms with E-state index in [1.807, 2.05) is 0 Å². The topological polar surface area (TPSA) is 60.8 Å². The van der Waals surface area contributed by atoms with E-state index >= 15 is 0 Å². The summed E-state index contributed by atoms with van der Waals surface area (Å²) in [6.07, 6.45) is 3.95. The highest BCUT2D eigenvalue weighted by atomic mass is 16.3. The third kappa shape index (κ3) is 2.16. The molecule has 15 heavy (non-hydrogen) atoms. The Hall–Kier alpha value is -0.610. The van der Waals surface area contributed by atoms with Gasteiger partial charge in [0.25, 0.3) is 0 Å². The highest BCUT2D eigenvalue weighted by molar-refractivity contribution is 5.79. The van der Waals surface area contributed by atoms with E-state index in [0.717, 1.165) is 25.7 Å². The van der Waals surface area contributed by atoms with Gasteiger partial charge in [-0.05, 0) is 12.8 Å². The molecule has 1 amide bonds. The molecule has 4 nitrogen and oxygen atoms in total. The fourth-order valence-electron chi connectivity index (χ4n) is 2.71. The zero-order valence-electron chi connectivity index (χ0n) is 8.93. The molecule has 1 saturated heterocycles. The Bertz CT molecular complexity index is 244. The number of carbonyl (C=O) groups excluding carboxylic acids is 1. The Kier molecular flexibility index (Phi) is 3.26. The number of hydrogen-bond acceptors (Lipinski definition) is 3. The Morgan fingerprint density at radius 3 is 2.67 bits per heavy atom. The van der Waals surface area contributed by atoms with Gasteiger partial charge in [0.1, 0.15) is 0 Å². The van der Waals surface area contributed by atoms with Crippen LogP contribution in [0.1, 0.15) is 32.1 Å². The van der Waals surface area contributed by atoms with Gasteiger partial charge in [-0.1, -0.05) is 12.8 Å². The summed E-state index contributed by atoms with van der Waals surface area (Å²) >= 11 is 0. The standard InChI is InChI=1S/C11H19NO3/c13-7-8-5-11(15)12(6-8)9-3-1-2-4-10(9)14/h8-10,13-14H,1-7H2/t8?,9-,10-/m0/s1. The van der Waals surface area contributed by atoms with Gasteiger partial charge in [-0.3, -0.25) is 4.79 Å². The second-order valence-corrected chi connectivity index (χ2v) is 4.72. The summed E-state index contributed by atoms with van der Waals surface area (Å²) in [5, 5.41) is 18.9. The van der Waals surface area contributed by atoms with Gasteiger partial charge in [0.15, 0.2) is 0 Å². The van der Waals surface area contributed by atoms with E-state index in [0.29, 0.717) is 13.0 Å². The molecule has 0 bridgehead atoms.